The smallest absolute Gasteiger partial charge is 0.238 e. The molecule has 1 heterocycles. The van der Waals surface area contributed by atoms with Crippen molar-refractivity contribution >= 4 is 22.5 Å². The first-order valence-corrected chi connectivity index (χ1v) is 7.96. The van der Waals surface area contributed by atoms with Gasteiger partial charge < -0.3 is 20.4 Å². The number of methoxy groups -OCH3 is 1. The van der Waals surface area contributed by atoms with Crippen LogP contribution in [0.3, 0.4) is 0 Å². The number of rotatable bonds is 7. The maximum atomic E-state index is 11.9. The molecule has 0 aliphatic carbocycles. The second-order valence-electron chi connectivity index (χ2n) is 5.56. The number of benzene rings is 2. The molecule has 0 saturated heterocycles. The third-order valence-corrected chi connectivity index (χ3v) is 3.91. The summed E-state index contributed by atoms with van der Waals surface area (Å²) in [5.41, 5.74) is 3.16. The minimum atomic E-state index is -0.0564. The summed E-state index contributed by atoms with van der Waals surface area (Å²) in [7, 11) is 1.62. The van der Waals surface area contributed by atoms with E-state index in [0.29, 0.717) is 0 Å². The number of aromatic nitrogens is 1. The lowest BCUT2D eigenvalue weighted by Crippen LogP contribution is -2.29. The number of hydrogen-bond donors (Lipinski definition) is 3. The molecule has 3 aromatic rings. The van der Waals surface area contributed by atoms with Crippen molar-refractivity contribution in [3.63, 3.8) is 0 Å². The zero-order valence-electron chi connectivity index (χ0n) is 13.6. The van der Waals surface area contributed by atoms with Gasteiger partial charge in [-0.25, -0.2) is 0 Å². The van der Waals surface area contributed by atoms with E-state index in [-0.39, 0.29) is 12.5 Å². The Labute approximate surface area is 141 Å². The molecular weight excluding hydrogens is 302 g/mol. The van der Waals surface area contributed by atoms with Crippen LogP contribution >= 0.6 is 0 Å². The lowest BCUT2D eigenvalue weighted by atomic mass is 10.1. The van der Waals surface area contributed by atoms with Crippen molar-refractivity contribution in [2.75, 3.05) is 25.5 Å². The Bertz CT molecular complexity index is 809. The van der Waals surface area contributed by atoms with Crippen LogP contribution in [0.1, 0.15) is 5.56 Å². The first-order chi connectivity index (χ1) is 11.8. The largest absolute Gasteiger partial charge is 0.497 e. The Morgan fingerprint density at radius 1 is 1.12 bits per heavy atom. The molecule has 1 aromatic heterocycles. The van der Waals surface area contributed by atoms with Gasteiger partial charge in [0, 0.05) is 22.8 Å². The van der Waals surface area contributed by atoms with E-state index >= 15 is 0 Å². The second kappa shape index (κ2) is 7.66. The van der Waals surface area contributed by atoms with Gasteiger partial charge in [0.15, 0.2) is 0 Å². The molecule has 1 amide bonds. The summed E-state index contributed by atoms with van der Waals surface area (Å²) in [5, 5.41) is 7.27. The second-order valence-corrected chi connectivity index (χ2v) is 5.56. The van der Waals surface area contributed by atoms with E-state index in [2.05, 4.69) is 27.8 Å². The van der Waals surface area contributed by atoms with E-state index in [1.54, 1.807) is 7.11 Å². The van der Waals surface area contributed by atoms with Crippen LogP contribution in [-0.2, 0) is 11.2 Å². The van der Waals surface area contributed by atoms with Gasteiger partial charge in [0.05, 0.1) is 13.7 Å². The zero-order chi connectivity index (χ0) is 16.8. The molecule has 3 rings (SSSR count). The summed E-state index contributed by atoms with van der Waals surface area (Å²) in [5.74, 6) is 0.712. The third kappa shape index (κ3) is 3.94. The maximum Gasteiger partial charge on any atom is 0.238 e. The van der Waals surface area contributed by atoms with Crippen LogP contribution in [0.15, 0.2) is 54.7 Å². The monoisotopic (exact) mass is 323 g/mol. The molecule has 0 aliphatic heterocycles. The molecule has 0 radical (unpaired) electrons. The predicted octanol–water partition coefficient (Wildman–Crippen LogP) is 2.95. The average Bonchev–Trinajstić information content (AvgIpc) is 3.03. The number of hydrogen-bond acceptors (Lipinski definition) is 3. The molecule has 5 heteroatoms. The highest BCUT2D eigenvalue weighted by Gasteiger charge is 2.04. The fourth-order valence-corrected chi connectivity index (χ4v) is 2.64. The van der Waals surface area contributed by atoms with Crippen LogP contribution < -0.4 is 15.4 Å². The van der Waals surface area contributed by atoms with E-state index in [1.807, 2.05) is 42.6 Å². The standard InChI is InChI=1S/C19H21N3O2/c1-24-16-8-6-15(7-9-16)22-19(23)13-20-11-10-14-12-21-18-5-3-2-4-17(14)18/h2-9,12,20-21H,10-11,13H2,1H3,(H,22,23). The van der Waals surface area contributed by atoms with Gasteiger partial charge in [-0.3, -0.25) is 4.79 Å². The minimum Gasteiger partial charge on any atom is -0.497 e. The molecular formula is C19H21N3O2. The van der Waals surface area contributed by atoms with Gasteiger partial charge >= 0.3 is 0 Å². The van der Waals surface area contributed by atoms with E-state index in [1.165, 1.54) is 10.9 Å². The highest BCUT2D eigenvalue weighted by atomic mass is 16.5. The number of ether oxygens (including phenoxy) is 1. The van der Waals surface area contributed by atoms with Crippen LogP contribution in [-0.4, -0.2) is 31.1 Å². The molecule has 0 fully saturated rings. The highest BCUT2D eigenvalue weighted by Crippen LogP contribution is 2.17. The average molecular weight is 323 g/mol. The number of nitrogens with one attached hydrogen (secondary N) is 3. The summed E-state index contributed by atoms with van der Waals surface area (Å²) in [6, 6.07) is 15.5. The topological polar surface area (TPSA) is 66.2 Å². The number of carbonyl (C=O) groups is 1. The quantitative estimate of drug-likeness (QED) is 0.586. The lowest BCUT2D eigenvalue weighted by molar-refractivity contribution is -0.115. The Morgan fingerprint density at radius 2 is 1.92 bits per heavy atom. The zero-order valence-corrected chi connectivity index (χ0v) is 13.6. The molecule has 2 aromatic carbocycles. The molecule has 0 saturated carbocycles. The van der Waals surface area contributed by atoms with Crippen molar-refractivity contribution in [3.8, 4) is 5.75 Å². The summed E-state index contributed by atoms with van der Waals surface area (Å²) >= 11 is 0. The van der Waals surface area contributed by atoms with Gasteiger partial charge in [-0.15, -0.1) is 0 Å². The van der Waals surface area contributed by atoms with E-state index in [4.69, 9.17) is 4.74 Å². The van der Waals surface area contributed by atoms with Gasteiger partial charge in [0.2, 0.25) is 5.91 Å². The maximum absolute atomic E-state index is 11.9. The molecule has 0 spiro atoms. The summed E-state index contributed by atoms with van der Waals surface area (Å²) in [6.45, 7) is 1.03. The Balaban J connectivity index is 1.43. The Hall–Kier alpha value is -2.79. The number of para-hydroxylation sites is 1. The minimum absolute atomic E-state index is 0.0564. The Morgan fingerprint density at radius 3 is 2.71 bits per heavy atom. The third-order valence-electron chi connectivity index (χ3n) is 3.91. The van der Waals surface area contributed by atoms with E-state index < -0.39 is 0 Å². The van der Waals surface area contributed by atoms with Crippen molar-refractivity contribution in [1.82, 2.24) is 10.3 Å². The SMILES string of the molecule is COc1ccc(NC(=O)CNCCc2c[nH]c3ccccc23)cc1. The summed E-state index contributed by atoms with van der Waals surface area (Å²) in [4.78, 5) is 15.2. The molecule has 3 N–H and O–H groups in total. The van der Waals surface area contributed by atoms with E-state index in [9.17, 15) is 4.79 Å². The van der Waals surface area contributed by atoms with Gasteiger partial charge in [-0.05, 0) is 48.9 Å². The molecule has 124 valence electrons. The molecule has 24 heavy (non-hydrogen) atoms. The van der Waals surface area contributed by atoms with Crippen molar-refractivity contribution in [2.45, 2.75) is 6.42 Å². The molecule has 0 unspecified atom stereocenters. The van der Waals surface area contributed by atoms with Crippen molar-refractivity contribution < 1.29 is 9.53 Å². The van der Waals surface area contributed by atoms with Crippen LogP contribution in [0.4, 0.5) is 5.69 Å². The number of amides is 1. The van der Waals surface area contributed by atoms with Crippen molar-refractivity contribution in [2.24, 2.45) is 0 Å². The number of carbonyl (C=O) groups excluding carboxylic acids is 1. The highest BCUT2D eigenvalue weighted by molar-refractivity contribution is 5.92. The summed E-state index contributed by atoms with van der Waals surface area (Å²) < 4.78 is 5.09. The van der Waals surface area contributed by atoms with Crippen LogP contribution in [0.5, 0.6) is 5.75 Å². The first-order valence-electron chi connectivity index (χ1n) is 7.96. The number of aromatic amines is 1. The number of fused-ring (bicyclic) bond motifs is 1. The number of H-pyrrole nitrogens is 1. The predicted molar refractivity (Wildman–Crippen MR) is 96.5 cm³/mol. The van der Waals surface area contributed by atoms with Crippen LogP contribution in [0, 0.1) is 0 Å². The normalized spacial score (nSPS) is 10.7. The fraction of sp³-hybridized carbons (Fsp3) is 0.211. The summed E-state index contributed by atoms with van der Waals surface area (Å²) in [6.07, 6.45) is 2.91. The fourth-order valence-electron chi connectivity index (χ4n) is 2.64. The van der Waals surface area contributed by atoms with Crippen LogP contribution in [0.25, 0.3) is 10.9 Å². The lowest BCUT2D eigenvalue weighted by Gasteiger charge is -2.07. The van der Waals surface area contributed by atoms with Gasteiger partial charge in [-0.1, -0.05) is 18.2 Å². The van der Waals surface area contributed by atoms with Gasteiger partial charge in [-0.2, -0.15) is 0 Å². The van der Waals surface area contributed by atoms with Crippen molar-refractivity contribution in [3.05, 3.63) is 60.3 Å². The molecule has 5 nitrogen and oxygen atoms in total. The van der Waals surface area contributed by atoms with Crippen LogP contribution in [0.2, 0.25) is 0 Å². The molecule has 0 atom stereocenters. The molecule has 0 bridgehead atoms. The number of anilines is 1. The van der Waals surface area contributed by atoms with Gasteiger partial charge in [0.25, 0.3) is 0 Å². The first kappa shape index (κ1) is 16.1. The van der Waals surface area contributed by atoms with E-state index in [0.717, 1.165) is 29.9 Å². The molecule has 0 aliphatic rings. The van der Waals surface area contributed by atoms with Gasteiger partial charge in [0.1, 0.15) is 5.75 Å². The Kier molecular flexibility index (Phi) is 5.13. The van der Waals surface area contributed by atoms with Crippen molar-refractivity contribution in [1.29, 1.82) is 0 Å².